The van der Waals surface area contributed by atoms with E-state index in [2.05, 4.69) is 36.9 Å². The molecule has 0 radical (unpaired) electrons. The highest BCUT2D eigenvalue weighted by Crippen LogP contribution is 2.35. The standard InChI is InChI=1S/C17H14Br2F3N3/c18-12-4-5-13(19)14(9-12)24-16(23)25-7-1-2-10-8-11(17(20,21)22)3-6-15(10)25/h3-6,8-9H,1-2,7H2,(H2,23,24). The summed E-state index contributed by atoms with van der Waals surface area (Å²) in [6, 6.07) is 9.28. The third-order valence-electron chi connectivity index (χ3n) is 3.95. The van der Waals surface area contributed by atoms with Crippen molar-refractivity contribution in [3.05, 3.63) is 56.5 Å². The largest absolute Gasteiger partial charge is 0.416 e. The van der Waals surface area contributed by atoms with Crippen molar-refractivity contribution in [2.45, 2.75) is 19.0 Å². The second kappa shape index (κ2) is 6.99. The van der Waals surface area contributed by atoms with E-state index in [1.165, 1.54) is 12.1 Å². The summed E-state index contributed by atoms with van der Waals surface area (Å²) in [5.74, 6) is 0.250. The minimum atomic E-state index is -4.35. The fourth-order valence-corrected chi connectivity index (χ4v) is 3.45. The van der Waals surface area contributed by atoms with Crippen LogP contribution in [0.1, 0.15) is 17.5 Å². The summed E-state index contributed by atoms with van der Waals surface area (Å²) >= 11 is 6.80. The molecular weight excluding hydrogens is 463 g/mol. The number of hydrogen-bond donors (Lipinski definition) is 1. The van der Waals surface area contributed by atoms with Crippen molar-refractivity contribution >= 4 is 49.2 Å². The first-order valence-corrected chi connectivity index (χ1v) is 9.11. The zero-order chi connectivity index (χ0) is 18.2. The fourth-order valence-electron chi connectivity index (χ4n) is 2.77. The summed E-state index contributed by atoms with van der Waals surface area (Å²) in [7, 11) is 0. The highest BCUT2D eigenvalue weighted by molar-refractivity contribution is 9.11. The molecule has 0 saturated heterocycles. The number of nitrogens with two attached hydrogens (primary N) is 1. The highest BCUT2D eigenvalue weighted by atomic mass is 79.9. The maximum absolute atomic E-state index is 12.9. The lowest BCUT2D eigenvalue weighted by Crippen LogP contribution is -2.40. The Labute approximate surface area is 160 Å². The van der Waals surface area contributed by atoms with E-state index in [0.717, 1.165) is 15.0 Å². The summed E-state index contributed by atoms with van der Waals surface area (Å²) in [6.07, 6.45) is -3.05. The van der Waals surface area contributed by atoms with Gasteiger partial charge in [0.1, 0.15) is 0 Å². The van der Waals surface area contributed by atoms with Crippen LogP contribution in [0.15, 0.2) is 50.3 Å². The predicted molar refractivity (Wildman–Crippen MR) is 100 cm³/mol. The van der Waals surface area contributed by atoms with Gasteiger partial charge in [0, 0.05) is 21.2 Å². The number of anilines is 1. The van der Waals surface area contributed by atoms with Crippen LogP contribution in [-0.2, 0) is 12.6 Å². The minimum Gasteiger partial charge on any atom is -0.369 e. The van der Waals surface area contributed by atoms with Crippen LogP contribution >= 0.6 is 31.9 Å². The van der Waals surface area contributed by atoms with Crippen LogP contribution in [0.25, 0.3) is 0 Å². The van der Waals surface area contributed by atoms with Crippen LogP contribution in [0.3, 0.4) is 0 Å². The molecule has 3 rings (SSSR count). The monoisotopic (exact) mass is 475 g/mol. The molecule has 8 heteroatoms. The number of alkyl halides is 3. The molecular formula is C17H14Br2F3N3. The summed E-state index contributed by atoms with van der Waals surface area (Å²) in [5, 5.41) is 0. The van der Waals surface area contributed by atoms with E-state index in [1.54, 1.807) is 4.90 Å². The van der Waals surface area contributed by atoms with Gasteiger partial charge in [-0.2, -0.15) is 13.2 Å². The average molecular weight is 477 g/mol. The highest BCUT2D eigenvalue weighted by Gasteiger charge is 2.32. The number of benzene rings is 2. The smallest absolute Gasteiger partial charge is 0.369 e. The number of guanidine groups is 1. The van der Waals surface area contributed by atoms with E-state index in [0.29, 0.717) is 36.3 Å². The van der Waals surface area contributed by atoms with Crippen molar-refractivity contribution in [2.24, 2.45) is 10.7 Å². The lowest BCUT2D eigenvalue weighted by molar-refractivity contribution is -0.137. The Kier molecular flexibility index (Phi) is 5.11. The second-order valence-corrected chi connectivity index (χ2v) is 7.43. The maximum Gasteiger partial charge on any atom is 0.416 e. The summed E-state index contributed by atoms with van der Waals surface area (Å²) < 4.78 is 40.4. The van der Waals surface area contributed by atoms with Crippen molar-refractivity contribution in [1.82, 2.24) is 0 Å². The third-order valence-corrected chi connectivity index (χ3v) is 5.11. The first-order valence-electron chi connectivity index (χ1n) is 7.52. The molecule has 1 aliphatic rings. The molecule has 25 heavy (non-hydrogen) atoms. The normalized spacial score (nSPS) is 15.2. The Bertz CT molecular complexity index is 834. The molecule has 2 aromatic carbocycles. The number of fused-ring (bicyclic) bond motifs is 1. The van der Waals surface area contributed by atoms with E-state index in [1.807, 2.05) is 18.2 Å². The summed E-state index contributed by atoms with van der Waals surface area (Å²) in [4.78, 5) is 6.19. The number of hydrogen-bond acceptors (Lipinski definition) is 1. The van der Waals surface area contributed by atoms with E-state index >= 15 is 0 Å². The van der Waals surface area contributed by atoms with Crippen LogP contribution in [0.4, 0.5) is 24.5 Å². The molecule has 0 amide bonds. The quantitative estimate of drug-likeness (QED) is 0.428. The zero-order valence-electron chi connectivity index (χ0n) is 12.9. The fraction of sp³-hybridized carbons (Fsp3) is 0.235. The Morgan fingerprint density at radius 1 is 1.12 bits per heavy atom. The molecule has 0 atom stereocenters. The van der Waals surface area contributed by atoms with E-state index in [9.17, 15) is 13.2 Å². The van der Waals surface area contributed by atoms with Gasteiger partial charge in [0.15, 0.2) is 0 Å². The predicted octanol–water partition coefficient (Wildman–Crippen LogP) is 5.63. The van der Waals surface area contributed by atoms with Crippen LogP contribution < -0.4 is 10.6 Å². The van der Waals surface area contributed by atoms with Gasteiger partial charge in [0.2, 0.25) is 5.96 Å². The third kappa shape index (κ3) is 4.00. The van der Waals surface area contributed by atoms with Crippen LogP contribution in [-0.4, -0.2) is 12.5 Å². The van der Waals surface area contributed by atoms with Crippen molar-refractivity contribution in [3.8, 4) is 0 Å². The number of aliphatic imine (C=N–C) groups is 1. The van der Waals surface area contributed by atoms with Crippen LogP contribution in [0.5, 0.6) is 0 Å². The summed E-state index contributed by atoms with van der Waals surface area (Å²) in [5.41, 5.74) is 7.46. The van der Waals surface area contributed by atoms with Gasteiger partial charge < -0.3 is 10.6 Å². The first-order chi connectivity index (χ1) is 11.8. The molecule has 2 aromatic rings. The molecule has 0 aromatic heterocycles. The van der Waals surface area contributed by atoms with E-state index in [-0.39, 0.29) is 5.96 Å². The lowest BCUT2D eigenvalue weighted by atomic mass is 9.99. The van der Waals surface area contributed by atoms with Gasteiger partial charge >= 0.3 is 6.18 Å². The van der Waals surface area contributed by atoms with Crippen molar-refractivity contribution < 1.29 is 13.2 Å². The van der Waals surface area contributed by atoms with Gasteiger partial charge in [-0.05, 0) is 70.7 Å². The second-order valence-electron chi connectivity index (χ2n) is 5.66. The SMILES string of the molecule is NC(=Nc1cc(Br)ccc1Br)N1CCCc2cc(C(F)(F)F)ccc21. The van der Waals surface area contributed by atoms with E-state index < -0.39 is 11.7 Å². The summed E-state index contributed by atoms with van der Waals surface area (Å²) in [6.45, 7) is 0.610. The van der Waals surface area contributed by atoms with Crippen molar-refractivity contribution in [2.75, 3.05) is 11.4 Å². The molecule has 0 aliphatic carbocycles. The van der Waals surface area contributed by atoms with Gasteiger partial charge in [0.25, 0.3) is 0 Å². The number of nitrogens with zero attached hydrogens (tertiary/aromatic N) is 2. The van der Waals surface area contributed by atoms with Gasteiger partial charge in [-0.25, -0.2) is 4.99 Å². The van der Waals surface area contributed by atoms with Crippen molar-refractivity contribution in [3.63, 3.8) is 0 Å². The maximum atomic E-state index is 12.9. The van der Waals surface area contributed by atoms with Crippen LogP contribution in [0.2, 0.25) is 0 Å². The molecule has 2 N–H and O–H groups in total. The molecule has 0 unspecified atom stereocenters. The van der Waals surface area contributed by atoms with Crippen molar-refractivity contribution in [1.29, 1.82) is 0 Å². The first kappa shape index (κ1) is 18.3. The number of rotatable bonds is 1. The van der Waals surface area contributed by atoms with Gasteiger partial charge in [-0.15, -0.1) is 0 Å². The Morgan fingerprint density at radius 3 is 2.60 bits per heavy atom. The molecule has 0 fully saturated rings. The Balaban J connectivity index is 1.97. The zero-order valence-corrected chi connectivity index (χ0v) is 16.1. The number of halogens is 5. The molecule has 0 bridgehead atoms. The number of aryl methyl sites for hydroxylation is 1. The molecule has 132 valence electrons. The molecule has 1 heterocycles. The minimum absolute atomic E-state index is 0.250. The molecule has 0 saturated carbocycles. The van der Waals surface area contributed by atoms with E-state index in [4.69, 9.17) is 5.73 Å². The van der Waals surface area contributed by atoms with Gasteiger partial charge in [-0.1, -0.05) is 15.9 Å². The van der Waals surface area contributed by atoms with Gasteiger partial charge in [-0.3, -0.25) is 0 Å². The molecule has 0 spiro atoms. The topological polar surface area (TPSA) is 41.6 Å². The van der Waals surface area contributed by atoms with Crippen LogP contribution in [0, 0.1) is 0 Å². The molecule has 1 aliphatic heterocycles. The Hall–Kier alpha value is -1.54. The lowest BCUT2D eigenvalue weighted by Gasteiger charge is -2.30. The molecule has 3 nitrogen and oxygen atoms in total. The Morgan fingerprint density at radius 2 is 1.88 bits per heavy atom. The average Bonchev–Trinajstić information content (AvgIpc) is 2.56. The van der Waals surface area contributed by atoms with Gasteiger partial charge in [0.05, 0.1) is 11.3 Å².